The average Bonchev–Trinajstić information content (AvgIpc) is 2.12. The minimum atomic E-state index is -0.282. The molecular formula is C11H16FNO. The van der Waals surface area contributed by atoms with Gasteiger partial charge in [0.1, 0.15) is 5.82 Å². The normalized spacial score (nSPS) is 12.8. The summed E-state index contributed by atoms with van der Waals surface area (Å²) in [6.45, 7) is 3.14. The van der Waals surface area contributed by atoms with Crippen LogP contribution >= 0.6 is 0 Å². The van der Waals surface area contributed by atoms with E-state index in [1.54, 1.807) is 13.0 Å². The minimum Gasteiger partial charge on any atom is -0.393 e. The van der Waals surface area contributed by atoms with Crippen molar-refractivity contribution in [3.05, 3.63) is 35.6 Å². The lowest BCUT2D eigenvalue weighted by atomic mass is 10.2. The Labute approximate surface area is 83.8 Å². The molecule has 0 spiro atoms. The second-order valence-electron chi connectivity index (χ2n) is 3.44. The van der Waals surface area contributed by atoms with Gasteiger partial charge in [-0.25, -0.2) is 4.39 Å². The van der Waals surface area contributed by atoms with E-state index in [0.717, 1.165) is 18.5 Å². The maximum absolute atomic E-state index is 12.7. The molecule has 1 aromatic rings. The first-order chi connectivity index (χ1) is 6.68. The summed E-state index contributed by atoms with van der Waals surface area (Å²) < 4.78 is 12.7. The van der Waals surface area contributed by atoms with Crippen LogP contribution < -0.4 is 5.32 Å². The molecule has 0 saturated heterocycles. The molecule has 0 aliphatic carbocycles. The van der Waals surface area contributed by atoms with Crippen molar-refractivity contribution < 1.29 is 9.50 Å². The molecule has 1 rings (SSSR count). The van der Waals surface area contributed by atoms with E-state index in [0.29, 0.717) is 6.54 Å². The maximum atomic E-state index is 12.7. The van der Waals surface area contributed by atoms with Gasteiger partial charge in [0.25, 0.3) is 0 Å². The molecule has 0 bridgehead atoms. The van der Waals surface area contributed by atoms with Gasteiger partial charge in [-0.2, -0.15) is 0 Å². The van der Waals surface area contributed by atoms with Gasteiger partial charge in [0.15, 0.2) is 0 Å². The highest BCUT2D eigenvalue weighted by atomic mass is 19.1. The van der Waals surface area contributed by atoms with Crippen LogP contribution in [0.4, 0.5) is 4.39 Å². The topological polar surface area (TPSA) is 32.3 Å². The smallest absolute Gasteiger partial charge is 0.123 e. The van der Waals surface area contributed by atoms with Crippen LogP contribution in [0.1, 0.15) is 18.9 Å². The lowest BCUT2D eigenvalue weighted by molar-refractivity contribution is 0.183. The van der Waals surface area contributed by atoms with Gasteiger partial charge in [-0.3, -0.25) is 0 Å². The largest absolute Gasteiger partial charge is 0.393 e. The third kappa shape index (κ3) is 4.35. The molecule has 0 radical (unpaired) electrons. The molecule has 1 aromatic carbocycles. The molecule has 0 aromatic heterocycles. The summed E-state index contributed by atoms with van der Waals surface area (Å²) in [7, 11) is 0. The summed E-state index contributed by atoms with van der Waals surface area (Å²) in [5.41, 5.74) is 0.926. The summed E-state index contributed by atoms with van der Waals surface area (Å²) in [6, 6.07) is 6.51. The van der Waals surface area contributed by atoms with Gasteiger partial charge < -0.3 is 10.4 Å². The van der Waals surface area contributed by atoms with Crippen LogP contribution in [0.15, 0.2) is 24.3 Å². The summed E-state index contributed by atoms with van der Waals surface area (Å²) in [5.74, 6) is -0.208. The van der Waals surface area contributed by atoms with E-state index in [-0.39, 0.29) is 11.9 Å². The highest BCUT2D eigenvalue weighted by Crippen LogP contribution is 2.02. The Balaban J connectivity index is 2.25. The van der Waals surface area contributed by atoms with Gasteiger partial charge in [0.05, 0.1) is 6.10 Å². The van der Waals surface area contributed by atoms with Crippen molar-refractivity contribution in [2.45, 2.75) is 26.0 Å². The van der Waals surface area contributed by atoms with Crippen LogP contribution in [0.3, 0.4) is 0 Å². The molecule has 1 atom stereocenters. The van der Waals surface area contributed by atoms with Crippen LogP contribution in [0.25, 0.3) is 0 Å². The Kier molecular flexibility index (Phi) is 4.56. The zero-order valence-corrected chi connectivity index (χ0v) is 8.33. The van der Waals surface area contributed by atoms with Gasteiger partial charge in [-0.1, -0.05) is 12.1 Å². The van der Waals surface area contributed by atoms with Crippen LogP contribution in [0.2, 0.25) is 0 Å². The van der Waals surface area contributed by atoms with Crippen molar-refractivity contribution in [1.29, 1.82) is 0 Å². The molecular weight excluding hydrogens is 181 g/mol. The Morgan fingerprint density at radius 1 is 1.50 bits per heavy atom. The van der Waals surface area contributed by atoms with Crippen molar-refractivity contribution in [2.75, 3.05) is 6.54 Å². The quantitative estimate of drug-likeness (QED) is 0.704. The summed E-state index contributed by atoms with van der Waals surface area (Å²) in [6.07, 6.45) is 0.435. The van der Waals surface area contributed by atoms with Crippen molar-refractivity contribution >= 4 is 0 Å². The molecule has 2 N–H and O–H groups in total. The predicted octanol–water partition coefficient (Wildman–Crippen LogP) is 1.69. The lowest BCUT2D eigenvalue weighted by Crippen LogP contribution is -2.18. The molecule has 2 nitrogen and oxygen atoms in total. The minimum absolute atomic E-state index is 0.208. The number of hydrogen-bond donors (Lipinski definition) is 2. The summed E-state index contributed by atoms with van der Waals surface area (Å²) >= 11 is 0. The van der Waals surface area contributed by atoms with Gasteiger partial charge >= 0.3 is 0 Å². The van der Waals surface area contributed by atoms with E-state index in [1.807, 2.05) is 6.07 Å². The van der Waals surface area contributed by atoms with Crippen LogP contribution in [-0.4, -0.2) is 17.8 Å². The molecule has 14 heavy (non-hydrogen) atoms. The molecule has 0 saturated carbocycles. The van der Waals surface area contributed by atoms with Gasteiger partial charge in [0.2, 0.25) is 0 Å². The first-order valence-corrected chi connectivity index (χ1v) is 4.81. The van der Waals surface area contributed by atoms with Gasteiger partial charge in [-0.05, 0) is 37.6 Å². The van der Waals surface area contributed by atoms with Gasteiger partial charge in [0, 0.05) is 6.54 Å². The average molecular weight is 197 g/mol. The number of rotatable bonds is 5. The molecule has 0 aliphatic rings. The zero-order valence-electron chi connectivity index (χ0n) is 8.33. The van der Waals surface area contributed by atoms with Crippen molar-refractivity contribution in [3.63, 3.8) is 0 Å². The fourth-order valence-electron chi connectivity index (χ4n) is 1.19. The fraction of sp³-hybridized carbons (Fsp3) is 0.455. The van der Waals surface area contributed by atoms with Crippen LogP contribution in [-0.2, 0) is 6.54 Å². The SMILES string of the molecule is CC(O)CCNCc1cccc(F)c1. The highest BCUT2D eigenvalue weighted by Gasteiger charge is 1.96. The standard InChI is InChI=1S/C11H16FNO/c1-9(14)5-6-13-8-10-3-2-4-11(12)7-10/h2-4,7,9,13-14H,5-6,8H2,1H3. The fourth-order valence-corrected chi connectivity index (χ4v) is 1.19. The summed E-state index contributed by atoms with van der Waals surface area (Å²) in [5, 5.41) is 12.1. The maximum Gasteiger partial charge on any atom is 0.123 e. The van der Waals surface area contributed by atoms with Crippen molar-refractivity contribution in [3.8, 4) is 0 Å². The van der Waals surface area contributed by atoms with E-state index >= 15 is 0 Å². The van der Waals surface area contributed by atoms with Crippen LogP contribution in [0.5, 0.6) is 0 Å². The van der Waals surface area contributed by atoms with Crippen molar-refractivity contribution in [1.82, 2.24) is 5.32 Å². The number of aliphatic hydroxyl groups excluding tert-OH is 1. The Bertz CT molecular complexity index is 276. The monoisotopic (exact) mass is 197 g/mol. The van der Waals surface area contributed by atoms with E-state index in [9.17, 15) is 4.39 Å². The lowest BCUT2D eigenvalue weighted by Gasteiger charge is -2.06. The zero-order chi connectivity index (χ0) is 10.4. The van der Waals surface area contributed by atoms with E-state index < -0.39 is 0 Å². The van der Waals surface area contributed by atoms with Crippen molar-refractivity contribution in [2.24, 2.45) is 0 Å². The van der Waals surface area contributed by atoms with E-state index in [4.69, 9.17) is 5.11 Å². The van der Waals surface area contributed by atoms with Gasteiger partial charge in [-0.15, -0.1) is 0 Å². The highest BCUT2D eigenvalue weighted by molar-refractivity contribution is 5.15. The number of benzene rings is 1. The first-order valence-electron chi connectivity index (χ1n) is 4.81. The predicted molar refractivity (Wildman–Crippen MR) is 54.4 cm³/mol. The van der Waals surface area contributed by atoms with Crippen LogP contribution in [0, 0.1) is 5.82 Å². The third-order valence-corrected chi connectivity index (χ3v) is 1.96. The Hall–Kier alpha value is -0.930. The molecule has 1 unspecified atom stereocenters. The number of nitrogens with one attached hydrogen (secondary N) is 1. The molecule has 0 fully saturated rings. The van der Waals surface area contributed by atoms with E-state index in [1.165, 1.54) is 12.1 Å². The molecule has 0 amide bonds. The first kappa shape index (κ1) is 11.1. The molecule has 0 aliphatic heterocycles. The molecule has 0 heterocycles. The summed E-state index contributed by atoms with van der Waals surface area (Å²) in [4.78, 5) is 0. The second-order valence-corrected chi connectivity index (χ2v) is 3.44. The third-order valence-electron chi connectivity index (χ3n) is 1.96. The number of aliphatic hydroxyl groups is 1. The molecule has 78 valence electrons. The number of hydrogen-bond acceptors (Lipinski definition) is 2. The van der Waals surface area contributed by atoms with E-state index in [2.05, 4.69) is 5.32 Å². The Morgan fingerprint density at radius 2 is 2.29 bits per heavy atom. The molecule has 3 heteroatoms. The number of halogens is 1. The second kappa shape index (κ2) is 5.73. The Morgan fingerprint density at radius 3 is 2.93 bits per heavy atom.